The standard InChI is InChI=1S/C8H19N3O2/c1-6(7(13)10-9)11(4)8(2,3)5-12/h6,12H,5,9H2,1-4H3,(H,10,13). The molecule has 0 saturated heterocycles. The second-order valence-electron chi connectivity index (χ2n) is 3.77. The van der Waals surface area contributed by atoms with Crippen LogP contribution < -0.4 is 11.3 Å². The first-order valence-corrected chi connectivity index (χ1v) is 4.21. The van der Waals surface area contributed by atoms with Gasteiger partial charge in [0.2, 0.25) is 0 Å². The van der Waals surface area contributed by atoms with Crippen LogP contribution in [0.3, 0.4) is 0 Å². The SMILES string of the molecule is CC(C(=O)NN)N(C)C(C)(C)CO. The fourth-order valence-corrected chi connectivity index (χ4v) is 0.932. The lowest BCUT2D eigenvalue weighted by atomic mass is 10.0. The summed E-state index contributed by atoms with van der Waals surface area (Å²) in [6.07, 6.45) is 0. The molecule has 0 saturated carbocycles. The molecule has 13 heavy (non-hydrogen) atoms. The van der Waals surface area contributed by atoms with Crippen molar-refractivity contribution in [2.45, 2.75) is 32.4 Å². The Kier molecular flexibility index (Phi) is 4.32. The third kappa shape index (κ3) is 2.95. The molecule has 0 bridgehead atoms. The number of nitrogens with zero attached hydrogens (tertiary/aromatic N) is 1. The van der Waals surface area contributed by atoms with Gasteiger partial charge in [-0.05, 0) is 27.8 Å². The average molecular weight is 189 g/mol. The molecule has 5 heteroatoms. The van der Waals surface area contributed by atoms with Gasteiger partial charge in [0.15, 0.2) is 0 Å². The number of carbonyl (C=O) groups excluding carboxylic acids is 1. The number of aliphatic hydroxyl groups excluding tert-OH is 1. The van der Waals surface area contributed by atoms with Gasteiger partial charge in [0.25, 0.3) is 5.91 Å². The zero-order chi connectivity index (χ0) is 10.6. The van der Waals surface area contributed by atoms with Crippen LogP contribution in [-0.2, 0) is 4.79 Å². The molecule has 0 aliphatic carbocycles. The van der Waals surface area contributed by atoms with Crippen molar-refractivity contribution in [3.63, 3.8) is 0 Å². The molecular formula is C8H19N3O2. The molecule has 0 spiro atoms. The van der Waals surface area contributed by atoms with Crippen LogP contribution in [0.4, 0.5) is 0 Å². The third-order valence-corrected chi connectivity index (χ3v) is 2.44. The van der Waals surface area contributed by atoms with Gasteiger partial charge in [-0.1, -0.05) is 0 Å². The molecule has 0 aliphatic heterocycles. The van der Waals surface area contributed by atoms with E-state index in [9.17, 15) is 4.79 Å². The van der Waals surface area contributed by atoms with E-state index in [2.05, 4.69) is 5.43 Å². The maximum absolute atomic E-state index is 11.2. The molecule has 1 atom stereocenters. The van der Waals surface area contributed by atoms with Crippen molar-refractivity contribution < 1.29 is 9.90 Å². The summed E-state index contributed by atoms with van der Waals surface area (Å²) < 4.78 is 0. The molecule has 1 amide bonds. The van der Waals surface area contributed by atoms with Gasteiger partial charge >= 0.3 is 0 Å². The summed E-state index contributed by atoms with van der Waals surface area (Å²) >= 11 is 0. The van der Waals surface area contributed by atoms with Crippen molar-refractivity contribution in [1.82, 2.24) is 10.3 Å². The summed E-state index contributed by atoms with van der Waals surface area (Å²) in [5.41, 5.74) is 1.65. The lowest BCUT2D eigenvalue weighted by Crippen LogP contribution is -2.55. The maximum atomic E-state index is 11.2. The lowest BCUT2D eigenvalue weighted by molar-refractivity contribution is -0.127. The number of amides is 1. The van der Waals surface area contributed by atoms with Gasteiger partial charge in [-0.3, -0.25) is 15.1 Å². The first-order valence-electron chi connectivity index (χ1n) is 4.21. The quantitative estimate of drug-likeness (QED) is 0.303. The Balaban J connectivity index is 4.41. The highest BCUT2D eigenvalue weighted by Crippen LogP contribution is 2.14. The van der Waals surface area contributed by atoms with Crippen LogP contribution >= 0.6 is 0 Å². The van der Waals surface area contributed by atoms with Crippen LogP contribution in [0.5, 0.6) is 0 Å². The summed E-state index contributed by atoms with van der Waals surface area (Å²) in [4.78, 5) is 12.9. The summed E-state index contributed by atoms with van der Waals surface area (Å²) in [5, 5.41) is 9.06. The number of hydrogen-bond donors (Lipinski definition) is 3. The van der Waals surface area contributed by atoms with Gasteiger partial charge in [0.05, 0.1) is 12.6 Å². The largest absolute Gasteiger partial charge is 0.394 e. The van der Waals surface area contributed by atoms with E-state index in [1.165, 1.54) is 0 Å². The Hall–Kier alpha value is -0.650. The Morgan fingerprint density at radius 1 is 1.69 bits per heavy atom. The Morgan fingerprint density at radius 3 is 2.46 bits per heavy atom. The monoisotopic (exact) mass is 189 g/mol. The average Bonchev–Trinajstić information content (AvgIpc) is 2.14. The molecule has 0 radical (unpaired) electrons. The number of nitrogens with one attached hydrogen (secondary N) is 1. The molecule has 0 heterocycles. The second kappa shape index (κ2) is 4.55. The molecule has 0 rings (SSSR count). The van der Waals surface area contributed by atoms with Gasteiger partial charge in [-0.15, -0.1) is 0 Å². The number of hydrogen-bond acceptors (Lipinski definition) is 4. The second-order valence-corrected chi connectivity index (χ2v) is 3.77. The van der Waals surface area contributed by atoms with Crippen LogP contribution in [0.25, 0.3) is 0 Å². The van der Waals surface area contributed by atoms with E-state index in [0.717, 1.165) is 0 Å². The van der Waals surface area contributed by atoms with Gasteiger partial charge < -0.3 is 5.11 Å². The molecular weight excluding hydrogens is 170 g/mol. The molecule has 0 aromatic heterocycles. The highest BCUT2D eigenvalue weighted by Gasteiger charge is 2.29. The fraction of sp³-hybridized carbons (Fsp3) is 0.875. The zero-order valence-corrected chi connectivity index (χ0v) is 8.66. The van der Waals surface area contributed by atoms with Crippen molar-refractivity contribution in [1.29, 1.82) is 0 Å². The normalized spacial score (nSPS) is 14.4. The van der Waals surface area contributed by atoms with Gasteiger partial charge in [0, 0.05) is 5.54 Å². The van der Waals surface area contributed by atoms with E-state index in [4.69, 9.17) is 10.9 Å². The number of rotatable bonds is 4. The van der Waals surface area contributed by atoms with E-state index < -0.39 is 5.54 Å². The predicted molar refractivity (Wildman–Crippen MR) is 50.7 cm³/mol. The highest BCUT2D eigenvalue weighted by molar-refractivity contribution is 5.80. The molecule has 0 aliphatic rings. The summed E-state index contributed by atoms with van der Waals surface area (Å²) in [5.74, 6) is 4.75. The molecule has 0 aromatic rings. The lowest BCUT2D eigenvalue weighted by Gasteiger charge is -2.37. The van der Waals surface area contributed by atoms with Crippen LogP contribution in [-0.4, -0.2) is 41.1 Å². The number of aliphatic hydroxyl groups is 1. The Bertz CT molecular complexity index is 182. The molecule has 0 aromatic carbocycles. The minimum Gasteiger partial charge on any atom is -0.394 e. The van der Waals surface area contributed by atoms with Crippen molar-refractivity contribution in [3.05, 3.63) is 0 Å². The first-order chi connectivity index (χ1) is 5.86. The van der Waals surface area contributed by atoms with Crippen molar-refractivity contribution in [3.8, 4) is 0 Å². The van der Waals surface area contributed by atoms with Crippen LogP contribution in [0, 0.1) is 0 Å². The predicted octanol–water partition coefficient (Wildman–Crippen LogP) is -0.932. The minimum absolute atomic E-state index is 0.00824. The summed E-state index contributed by atoms with van der Waals surface area (Å²) in [6, 6.07) is -0.354. The smallest absolute Gasteiger partial charge is 0.250 e. The van der Waals surface area contributed by atoms with E-state index in [-0.39, 0.29) is 18.6 Å². The topological polar surface area (TPSA) is 78.6 Å². The molecule has 78 valence electrons. The number of carbonyl (C=O) groups is 1. The van der Waals surface area contributed by atoms with Gasteiger partial charge in [-0.2, -0.15) is 0 Å². The minimum atomic E-state index is -0.425. The van der Waals surface area contributed by atoms with Crippen molar-refractivity contribution in [2.24, 2.45) is 5.84 Å². The van der Waals surface area contributed by atoms with Crippen LogP contribution in [0.2, 0.25) is 0 Å². The number of hydrazine groups is 1. The van der Waals surface area contributed by atoms with E-state index in [1.54, 1.807) is 18.9 Å². The fourth-order valence-electron chi connectivity index (χ4n) is 0.932. The van der Waals surface area contributed by atoms with Crippen molar-refractivity contribution in [2.75, 3.05) is 13.7 Å². The number of likely N-dealkylation sites (N-methyl/N-ethyl adjacent to an activating group) is 1. The van der Waals surface area contributed by atoms with Gasteiger partial charge in [0.1, 0.15) is 0 Å². The first kappa shape index (κ1) is 12.3. The summed E-state index contributed by atoms with van der Waals surface area (Å²) in [6.45, 7) is 5.44. The van der Waals surface area contributed by atoms with E-state index >= 15 is 0 Å². The van der Waals surface area contributed by atoms with Gasteiger partial charge in [-0.25, -0.2) is 5.84 Å². The summed E-state index contributed by atoms with van der Waals surface area (Å²) in [7, 11) is 1.77. The third-order valence-electron chi connectivity index (χ3n) is 2.44. The van der Waals surface area contributed by atoms with E-state index in [0.29, 0.717) is 0 Å². The Morgan fingerprint density at radius 2 is 2.15 bits per heavy atom. The van der Waals surface area contributed by atoms with Crippen LogP contribution in [0.15, 0.2) is 0 Å². The highest BCUT2D eigenvalue weighted by atomic mass is 16.3. The maximum Gasteiger partial charge on any atom is 0.250 e. The molecule has 4 N–H and O–H groups in total. The van der Waals surface area contributed by atoms with Crippen LogP contribution in [0.1, 0.15) is 20.8 Å². The molecule has 1 unspecified atom stereocenters. The Labute approximate surface area is 78.9 Å². The molecule has 5 nitrogen and oxygen atoms in total. The van der Waals surface area contributed by atoms with Crippen molar-refractivity contribution >= 4 is 5.91 Å². The molecule has 0 fully saturated rings. The van der Waals surface area contributed by atoms with E-state index in [1.807, 2.05) is 13.8 Å². The zero-order valence-electron chi connectivity index (χ0n) is 8.66. The number of nitrogens with two attached hydrogens (primary N) is 1.